The second-order valence-corrected chi connectivity index (χ2v) is 4.68. The number of carboxylic acids is 1. The van der Waals surface area contributed by atoms with E-state index in [2.05, 4.69) is 13.0 Å². The molecule has 3 nitrogen and oxygen atoms in total. The van der Waals surface area contributed by atoms with Gasteiger partial charge < -0.3 is 9.84 Å². The van der Waals surface area contributed by atoms with Gasteiger partial charge in [0.2, 0.25) is 0 Å². The third-order valence-electron chi connectivity index (χ3n) is 3.13. The minimum Gasteiger partial charge on any atom is -0.493 e. The molecule has 1 aliphatic rings. The summed E-state index contributed by atoms with van der Waals surface area (Å²) in [5.74, 6) is 0.0733. The molecule has 2 atom stereocenters. The minimum absolute atomic E-state index is 0.138. The van der Waals surface area contributed by atoms with Crippen LogP contribution in [-0.2, 0) is 4.79 Å². The average Bonchev–Trinajstić information content (AvgIpc) is 3.07. The molecule has 1 fully saturated rings. The number of benzene rings is 1. The zero-order valence-electron chi connectivity index (χ0n) is 10.3. The van der Waals surface area contributed by atoms with Crippen molar-refractivity contribution in [1.29, 1.82) is 0 Å². The van der Waals surface area contributed by atoms with E-state index in [4.69, 9.17) is 9.84 Å². The first-order valence-corrected chi connectivity index (χ1v) is 6.09. The molecule has 0 aliphatic heterocycles. The summed E-state index contributed by atoms with van der Waals surface area (Å²) in [6.45, 7) is 4.76. The summed E-state index contributed by atoms with van der Waals surface area (Å²) >= 11 is 0. The van der Waals surface area contributed by atoms with E-state index in [1.165, 1.54) is 0 Å². The summed E-state index contributed by atoms with van der Waals surface area (Å²) in [4.78, 5) is 10.9. The fourth-order valence-corrected chi connectivity index (χ4v) is 2.11. The summed E-state index contributed by atoms with van der Waals surface area (Å²) in [5, 5.41) is 8.98. The summed E-state index contributed by atoms with van der Waals surface area (Å²) in [6, 6.07) is 6.02. The van der Waals surface area contributed by atoms with Gasteiger partial charge in [-0.3, -0.25) is 4.79 Å². The van der Waals surface area contributed by atoms with Crippen molar-refractivity contribution in [3.63, 3.8) is 0 Å². The third-order valence-corrected chi connectivity index (χ3v) is 3.13. The fourth-order valence-electron chi connectivity index (χ4n) is 2.11. The quantitative estimate of drug-likeness (QED) is 0.852. The van der Waals surface area contributed by atoms with Crippen molar-refractivity contribution in [2.45, 2.75) is 32.6 Å². The Morgan fingerprint density at radius 2 is 2.29 bits per heavy atom. The molecule has 17 heavy (non-hydrogen) atoms. The van der Waals surface area contributed by atoms with E-state index in [9.17, 15) is 4.79 Å². The van der Waals surface area contributed by atoms with E-state index >= 15 is 0 Å². The van der Waals surface area contributed by atoms with Gasteiger partial charge in [0.05, 0.1) is 12.5 Å². The first kappa shape index (κ1) is 12.0. The molecule has 0 aromatic heterocycles. The number of ether oxygens (including phenoxy) is 1. The highest BCUT2D eigenvalue weighted by Crippen LogP contribution is 2.50. The average molecular weight is 234 g/mol. The van der Waals surface area contributed by atoms with E-state index in [1.54, 1.807) is 0 Å². The Bertz CT molecular complexity index is 425. The van der Waals surface area contributed by atoms with E-state index in [1.807, 2.05) is 19.1 Å². The second kappa shape index (κ2) is 4.78. The van der Waals surface area contributed by atoms with Crippen LogP contribution in [0.4, 0.5) is 0 Å². The molecule has 2 unspecified atom stereocenters. The number of carbonyl (C=O) groups is 1. The van der Waals surface area contributed by atoms with Gasteiger partial charge in [0.15, 0.2) is 0 Å². The standard InChI is InChI=1S/C14H18O3/c1-3-6-17-13-5-4-9(2)7-11(13)10-8-12(10)14(15)16/h4-5,7,10,12H,3,6,8H2,1-2H3,(H,15,16). The van der Waals surface area contributed by atoms with Gasteiger partial charge in [0.25, 0.3) is 0 Å². The van der Waals surface area contributed by atoms with E-state index in [-0.39, 0.29) is 11.8 Å². The van der Waals surface area contributed by atoms with Gasteiger partial charge in [-0.15, -0.1) is 0 Å². The van der Waals surface area contributed by atoms with Crippen molar-refractivity contribution in [2.24, 2.45) is 5.92 Å². The maximum Gasteiger partial charge on any atom is 0.307 e. The van der Waals surface area contributed by atoms with Crippen molar-refractivity contribution < 1.29 is 14.6 Å². The molecule has 0 bridgehead atoms. The van der Waals surface area contributed by atoms with Crippen LogP contribution in [0.15, 0.2) is 18.2 Å². The van der Waals surface area contributed by atoms with Gasteiger partial charge in [0.1, 0.15) is 5.75 Å². The van der Waals surface area contributed by atoms with Crippen LogP contribution in [0, 0.1) is 12.8 Å². The van der Waals surface area contributed by atoms with Crippen LogP contribution in [0.1, 0.15) is 36.8 Å². The van der Waals surface area contributed by atoms with Crippen molar-refractivity contribution in [3.8, 4) is 5.75 Å². The molecule has 0 radical (unpaired) electrons. The molecule has 0 saturated heterocycles. The Morgan fingerprint density at radius 1 is 1.53 bits per heavy atom. The molecule has 1 N–H and O–H groups in total. The lowest BCUT2D eigenvalue weighted by Gasteiger charge is -2.11. The van der Waals surface area contributed by atoms with Gasteiger partial charge in [0, 0.05) is 5.92 Å². The molecule has 2 rings (SSSR count). The molecule has 1 aliphatic carbocycles. The van der Waals surface area contributed by atoms with Gasteiger partial charge in [-0.25, -0.2) is 0 Å². The fraction of sp³-hybridized carbons (Fsp3) is 0.500. The highest BCUT2D eigenvalue weighted by Gasteiger charge is 2.45. The van der Waals surface area contributed by atoms with Gasteiger partial charge >= 0.3 is 5.97 Å². The van der Waals surface area contributed by atoms with Crippen molar-refractivity contribution >= 4 is 5.97 Å². The van der Waals surface area contributed by atoms with Crippen LogP contribution in [0.3, 0.4) is 0 Å². The third kappa shape index (κ3) is 2.60. The zero-order valence-corrected chi connectivity index (χ0v) is 10.3. The number of aliphatic carboxylic acids is 1. The maximum atomic E-state index is 10.9. The van der Waals surface area contributed by atoms with Gasteiger partial charge in [-0.1, -0.05) is 24.6 Å². The Hall–Kier alpha value is -1.51. The van der Waals surface area contributed by atoms with Crippen LogP contribution in [0.2, 0.25) is 0 Å². The molecule has 3 heteroatoms. The second-order valence-electron chi connectivity index (χ2n) is 4.68. The molecule has 1 saturated carbocycles. The number of carboxylic acid groups (broad SMARTS) is 1. The molecule has 1 aromatic rings. The Balaban J connectivity index is 2.19. The minimum atomic E-state index is -0.696. The van der Waals surface area contributed by atoms with Crippen molar-refractivity contribution in [2.75, 3.05) is 6.61 Å². The maximum absolute atomic E-state index is 10.9. The van der Waals surface area contributed by atoms with Crippen molar-refractivity contribution in [1.82, 2.24) is 0 Å². The van der Waals surface area contributed by atoms with Crippen LogP contribution < -0.4 is 4.74 Å². The molecule has 1 aromatic carbocycles. The summed E-state index contributed by atoms with van der Waals surface area (Å²) in [5.41, 5.74) is 2.21. The first-order valence-electron chi connectivity index (χ1n) is 6.09. The Labute approximate surface area is 101 Å². The van der Waals surface area contributed by atoms with Crippen LogP contribution in [0.25, 0.3) is 0 Å². The molecular formula is C14H18O3. The molecule has 0 heterocycles. The summed E-state index contributed by atoms with van der Waals surface area (Å²) in [7, 11) is 0. The van der Waals surface area contributed by atoms with E-state index in [0.717, 1.165) is 29.7 Å². The lowest BCUT2D eigenvalue weighted by Crippen LogP contribution is -2.02. The highest BCUT2D eigenvalue weighted by molar-refractivity contribution is 5.75. The molecular weight excluding hydrogens is 216 g/mol. The monoisotopic (exact) mass is 234 g/mol. The molecule has 0 amide bonds. The topological polar surface area (TPSA) is 46.5 Å². The summed E-state index contributed by atoms with van der Waals surface area (Å²) in [6.07, 6.45) is 1.70. The van der Waals surface area contributed by atoms with Gasteiger partial charge in [-0.05, 0) is 31.4 Å². The lowest BCUT2D eigenvalue weighted by molar-refractivity contribution is -0.138. The smallest absolute Gasteiger partial charge is 0.307 e. The van der Waals surface area contributed by atoms with Crippen molar-refractivity contribution in [3.05, 3.63) is 29.3 Å². The van der Waals surface area contributed by atoms with Crippen LogP contribution >= 0.6 is 0 Å². The number of hydrogen-bond acceptors (Lipinski definition) is 2. The number of rotatable bonds is 5. The summed E-state index contributed by atoms with van der Waals surface area (Å²) < 4.78 is 5.68. The normalized spacial score (nSPS) is 22.2. The van der Waals surface area contributed by atoms with Gasteiger partial charge in [-0.2, -0.15) is 0 Å². The van der Waals surface area contributed by atoms with Crippen LogP contribution in [0.5, 0.6) is 5.75 Å². The number of hydrogen-bond donors (Lipinski definition) is 1. The highest BCUT2D eigenvalue weighted by atomic mass is 16.5. The Kier molecular flexibility index (Phi) is 3.36. The zero-order chi connectivity index (χ0) is 12.4. The van der Waals surface area contributed by atoms with E-state index in [0.29, 0.717) is 6.61 Å². The Morgan fingerprint density at radius 3 is 2.88 bits per heavy atom. The molecule has 0 spiro atoms. The largest absolute Gasteiger partial charge is 0.493 e. The predicted molar refractivity (Wildman–Crippen MR) is 65.4 cm³/mol. The predicted octanol–water partition coefficient (Wildman–Crippen LogP) is 2.97. The lowest BCUT2D eigenvalue weighted by atomic mass is 10.0. The van der Waals surface area contributed by atoms with Crippen LogP contribution in [-0.4, -0.2) is 17.7 Å². The first-order chi connectivity index (χ1) is 8.13. The number of aryl methyl sites for hydroxylation is 1. The SMILES string of the molecule is CCCOc1ccc(C)cc1C1CC1C(=O)O. The van der Waals surface area contributed by atoms with E-state index < -0.39 is 5.97 Å². The molecule has 92 valence electrons.